The van der Waals surface area contributed by atoms with Gasteiger partial charge in [-0.05, 0) is 31.9 Å². The van der Waals surface area contributed by atoms with Crippen molar-refractivity contribution in [3.8, 4) is 0 Å². The molecule has 84 valence electrons. The van der Waals surface area contributed by atoms with E-state index in [0.717, 1.165) is 17.5 Å². The van der Waals surface area contributed by atoms with E-state index < -0.39 is 0 Å². The first-order valence-corrected chi connectivity index (χ1v) is 5.50. The molecule has 0 spiro atoms. The van der Waals surface area contributed by atoms with Gasteiger partial charge in [-0.15, -0.1) is 0 Å². The van der Waals surface area contributed by atoms with Gasteiger partial charge in [-0.1, -0.05) is 18.2 Å². The normalized spacial score (nSPS) is 16.9. The van der Waals surface area contributed by atoms with E-state index in [-0.39, 0.29) is 17.7 Å². The molecule has 0 radical (unpaired) electrons. The molecule has 0 bridgehead atoms. The van der Waals surface area contributed by atoms with Crippen LogP contribution in [0.1, 0.15) is 29.8 Å². The molecule has 2 rings (SSSR count). The van der Waals surface area contributed by atoms with E-state index in [1.165, 1.54) is 6.92 Å². The van der Waals surface area contributed by atoms with Crippen LogP contribution in [-0.4, -0.2) is 29.2 Å². The third kappa shape index (κ3) is 1.73. The van der Waals surface area contributed by atoms with Crippen molar-refractivity contribution in [1.82, 2.24) is 4.90 Å². The number of benzene rings is 1. The van der Waals surface area contributed by atoms with Crippen LogP contribution in [-0.2, 0) is 11.2 Å². The fourth-order valence-electron chi connectivity index (χ4n) is 2.03. The summed E-state index contributed by atoms with van der Waals surface area (Å²) in [5.41, 5.74) is 1.82. The highest BCUT2D eigenvalue weighted by molar-refractivity contribution is 5.99. The van der Waals surface area contributed by atoms with Gasteiger partial charge in [0.1, 0.15) is 0 Å². The number of fused-ring (bicyclic) bond motifs is 1. The Kier molecular flexibility index (Phi) is 2.77. The molecule has 1 aromatic carbocycles. The largest absolute Gasteiger partial charge is 0.329 e. The molecule has 3 heteroatoms. The molecule has 0 saturated heterocycles. The summed E-state index contributed by atoms with van der Waals surface area (Å²) in [6.45, 7) is 3.95. The number of carbonyl (C=O) groups excluding carboxylic acids is 2. The molecule has 0 saturated carbocycles. The fourth-order valence-corrected chi connectivity index (χ4v) is 2.03. The molecule has 1 atom stereocenters. The average Bonchev–Trinajstić information content (AvgIpc) is 2.29. The monoisotopic (exact) mass is 217 g/mol. The molecular weight excluding hydrogens is 202 g/mol. The summed E-state index contributed by atoms with van der Waals surface area (Å²) in [4.78, 5) is 25.1. The maximum Gasteiger partial charge on any atom is 0.254 e. The minimum atomic E-state index is -0.319. The van der Waals surface area contributed by atoms with Crippen molar-refractivity contribution in [3.63, 3.8) is 0 Å². The lowest BCUT2D eigenvalue weighted by Crippen LogP contribution is -2.46. The van der Waals surface area contributed by atoms with E-state index in [2.05, 4.69) is 0 Å². The van der Waals surface area contributed by atoms with Crippen molar-refractivity contribution in [2.24, 2.45) is 0 Å². The van der Waals surface area contributed by atoms with Crippen LogP contribution in [0.25, 0.3) is 0 Å². The SMILES string of the molecule is CC(=O)C(C)N1CCc2ccccc2C1=O. The van der Waals surface area contributed by atoms with Gasteiger partial charge >= 0.3 is 0 Å². The predicted octanol–water partition coefficient (Wildman–Crippen LogP) is 1.66. The molecule has 0 N–H and O–H groups in total. The molecule has 1 heterocycles. The first-order valence-electron chi connectivity index (χ1n) is 5.50. The summed E-state index contributed by atoms with van der Waals surface area (Å²) in [5.74, 6) is 0.0114. The van der Waals surface area contributed by atoms with Crippen LogP contribution in [0.2, 0.25) is 0 Å². The van der Waals surface area contributed by atoms with Gasteiger partial charge in [0.15, 0.2) is 5.78 Å². The topological polar surface area (TPSA) is 37.4 Å². The van der Waals surface area contributed by atoms with Gasteiger partial charge in [-0.25, -0.2) is 0 Å². The second kappa shape index (κ2) is 4.08. The van der Waals surface area contributed by atoms with Gasteiger partial charge in [0.2, 0.25) is 0 Å². The highest BCUT2D eigenvalue weighted by Crippen LogP contribution is 2.20. The van der Waals surface area contributed by atoms with Gasteiger partial charge in [0.05, 0.1) is 6.04 Å². The highest BCUT2D eigenvalue weighted by atomic mass is 16.2. The van der Waals surface area contributed by atoms with Crippen LogP contribution in [0.3, 0.4) is 0 Å². The molecule has 1 aliphatic rings. The van der Waals surface area contributed by atoms with E-state index in [4.69, 9.17) is 0 Å². The molecule has 1 aromatic rings. The van der Waals surface area contributed by atoms with E-state index in [1.54, 1.807) is 11.8 Å². The fraction of sp³-hybridized carbons (Fsp3) is 0.385. The van der Waals surface area contributed by atoms with E-state index in [0.29, 0.717) is 6.54 Å². The van der Waals surface area contributed by atoms with Gasteiger partial charge in [0.25, 0.3) is 5.91 Å². The minimum Gasteiger partial charge on any atom is -0.329 e. The average molecular weight is 217 g/mol. The summed E-state index contributed by atoms with van der Waals surface area (Å²) in [6, 6.07) is 7.29. The Bertz CT molecular complexity index is 439. The number of amides is 1. The smallest absolute Gasteiger partial charge is 0.254 e. The molecule has 3 nitrogen and oxygen atoms in total. The molecule has 0 aromatic heterocycles. The number of Topliss-reactive ketones (excluding diaryl/α,β-unsaturated/α-hetero) is 1. The van der Waals surface area contributed by atoms with Crippen molar-refractivity contribution >= 4 is 11.7 Å². The zero-order valence-electron chi connectivity index (χ0n) is 9.56. The maximum absolute atomic E-state index is 12.1. The summed E-state index contributed by atoms with van der Waals surface area (Å²) in [6.07, 6.45) is 0.833. The highest BCUT2D eigenvalue weighted by Gasteiger charge is 2.29. The zero-order chi connectivity index (χ0) is 11.7. The summed E-state index contributed by atoms with van der Waals surface area (Å²) < 4.78 is 0. The summed E-state index contributed by atoms with van der Waals surface area (Å²) in [5, 5.41) is 0. The maximum atomic E-state index is 12.1. The number of hydrogen-bond donors (Lipinski definition) is 0. The number of nitrogens with zero attached hydrogens (tertiary/aromatic N) is 1. The quantitative estimate of drug-likeness (QED) is 0.755. The lowest BCUT2D eigenvalue weighted by Gasteiger charge is -2.32. The Labute approximate surface area is 95.1 Å². The Hall–Kier alpha value is -1.64. The van der Waals surface area contributed by atoms with Crippen molar-refractivity contribution < 1.29 is 9.59 Å². The van der Waals surface area contributed by atoms with E-state index in [1.807, 2.05) is 24.3 Å². The van der Waals surface area contributed by atoms with Crippen LogP contribution in [0.15, 0.2) is 24.3 Å². The standard InChI is InChI=1S/C13H15NO2/c1-9(10(2)15)14-8-7-11-5-3-4-6-12(11)13(14)16/h3-6,9H,7-8H2,1-2H3. The van der Waals surface area contributed by atoms with Gasteiger partial charge in [-0.2, -0.15) is 0 Å². The molecular formula is C13H15NO2. The number of carbonyl (C=O) groups is 2. The molecule has 16 heavy (non-hydrogen) atoms. The van der Waals surface area contributed by atoms with Gasteiger partial charge in [-0.3, -0.25) is 9.59 Å². The second-order valence-corrected chi connectivity index (χ2v) is 4.19. The lowest BCUT2D eigenvalue weighted by molar-refractivity contribution is -0.120. The van der Waals surface area contributed by atoms with Crippen molar-refractivity contribution in [3.05, 3.63) is 35.4 Å². The van der Waals surface area contributed by atoms with Gasteiger partial charge in [0, 0.05) is 12.1 Å². The number of hydrogen-bond acceptors (Lipinski definition) is 2. The van der Waals surface area contributed by atoms with Crippen molar-refractivity contribution in [2.75, 3.05) is 6.54 Å². The number of ketones is 1. The molecule has 1 unspecified atom stereocenters. The first kappa shape index (κ1) is 10.9. The third-order valence-corrected chi connectivity index (χ3v) is 3.19. The molecule has 0 fully saturated rings. The van der Waals surface area contributed by atoms with E-state index >= 15 is 0 Å². The Balaban J connectivity index is 2.31. The minimum absolute atomic E-state index is 0.0236. The molecule has 1 amide bonds. The van der Waals surface area contributed by atoms with Crippen LogP contribution in [0.4, 0.5) is 0 Å². The van der Waals surface area contributed by atoms with Gasteiger partial charge < -0.3 is 4.90 Å². The lowest BCUT2D eigenvalue weighted by atomic mass is 9.97. The zero-order valence-corrected chi connectivity index (χ0v) is 9.56. The van der Waals surface area contributed by atoms with E-state index in [9.17, 15) is 9.59 Å². The van der Waals surface area contributed by atoms with Crippen molar-refractivity contribution in [1.29, 1.82) is 0 Å². The Morgan fingerprint density at radius 3 is 2.75 bits per heavy atom. The molecule has 1 aliphatic heterocycles. The van der Waals surface area contributed by atoms with Crippen LogP contribution in [0, 0.1) is 0 Å². The van der Waals surface area contributed by atoms with Crippen LogP contribution >= 0.6 is 0 Å². The summed E-state index contributed by atoms with van der Waals surface area (Å²) >= 11 is 0. The Morgan fingerprint density at radius 2 is 2.06 bits per heavy atom. The van der Waals surface area contributed by atoms with Crippen molar-refractivity contribution in [2.45, 2.75) is 26.3 Å². The predicted molar refractivity (Wildman–Crippen MR) is 61.3 cm³/mol. The van der Waals surface area contributed by atoms with Crippen LogP contribution < -0.4 is 0 Å². The summed E-state index contributed by atoms with van der Waals surface area (Å²) in [7, 11) is 0. The molecule has 0 aliphatic carbocycles. The number of rotatable bonds is 2. The second-order valence-electron chi connectivity index (χ2n) is 4.19. The first-order chi connectivity index (χ1) is 7.61. The van der Waals surface area contributed by atoms with Crippen LogP contribution in [0.5, 0.6) is 0 Å². The third-order valence-electron chi connectivity index (χ3n) is 3.19. The Morgan fingerprint density at radius 1 is 1.38 bits per heavy atom.